The maximum atomic E-state index is 12.4. The highest BCUT2D eigenvalue weighted by molar-refractivity contribution is 6.04. The van der Waals surface area contributed by atoms with Crippen LogP contribution in [-0.4, -0.2) is 22.5 Å². The van der Waals surface area contributed by atoms with Crippen LogP contribution in [0.5, 0.6) is 11.5 Å². The summed E-state index contributed by atoms with van der Waals surface area (Å²) < 4.78 is 12.6. The largest absolute Gasteiger partial charge is 0.454 e. The summed E-state index contributed by atoms with van der Waals surface area (Å²) in [5.74, 6) is 1.17. The van der Waals surface area contributed by atoms with Crippen molar-refractivity contribution in [2.24, 2.45) is 0 Å². The molecule has 0 fully saturated rings. The van der Waals surface area contributed by atoms with Crippen LogP contribution in [0.15, 0.2) is 48.5 Å². The molecule has 1 aliphatic rings. The first kappa shape index (κ1) is 16.2. The lowest BCUT2D eigenvalue weighted by Crippen LogP contribution is -2.12. The summed E-state index contributed by atoms with van der Waals surface area (Å²) in [6, 6.07) is 14.9. The Morgan fingerprint density at radius 2 is 1.85 bits per heavy atom. The van der Waals surface area contributed by atoms with Crippen LogP contribution in [-0.2, 0) is 6.54 Å². The fourth-order valence-corrected chi connectivity index (χ4v) is 2.95. The zero-order chi connectivity index (χ0) is 18.1. The number of carbonyl (C=O) groups is 1. The van der Waals surface area contributed by atoms with E-state index in [1.54, 1.807) is 18.2 Å². The molecule has 1 amide bonds. The maximum absolute atomic E-state index is 12.4. The van der Waals surface area contributed by atoms with Gasteiger partial charge >= 0.3 is 0 Å². The van der Waals surface area contributed by atoms with Crippen molar-refractivity contribution in [3.8, 4) is 11.5 Å². The molecule has 0 spiro atoms. The van der Waals surface area contributed by atoms with E-state index in [1.807, 2.05) is 48.9 Å². The highest BCUT2D eigenvalue weighted by Crippen LogP contribution is 2.34. The number of anilines is 1. The van der Waals surface area contributed by atoms with Gasteiger partial charge in [0, 0.05) is 23.0 Å². The number of fused-ring (bicyclic) bond motifs is 1. The van der Waals surface area contributed by atoms with Crippen LogP contribution in [0.3, 0.4) is 0 Å². The van der Waals surface area contributed by atoms with Crippen LogP contribution in [0.25, 0.3) is 0 Å². The van der Waals surface area contributed by atoms with E-state index in [-0.39, 0.29) is 12.7 Å². The van der Waals surface area contributed by atoms with Gasteiger partial charge in [-0.05, 0) is 49.7 Å². The Hall–Kier alpha value is -3.28. The predicted octanol–water partition coefficient (Wildman–Crippen LogP) is 3.53. The van der Waals surface area contributed by atoms with Gasteiger partial charge in [-0.25, -0.2) is 0 Å². The Morgan fingerprint density at radius 3 is 2.58 bits per heavy atom. The SMILES string of the molecule is Cc1cc(C)n(Cc2ccc(C(=O)Nc3ccc4c(c3)OCO4)cc2)n1. The fraction of sp³-hybridized carbons (Fsp3) is 0.200. The molecule has 0 saturated heterocycles. The molecular weight excluding hydrogens is 330 g/mol. The van der Waals surface area contributed by atoms with Crippen molar-refractivity contribution >= 4 is 11.6 Å². The van der Waals surface area contributed by atoms with E-state index < -0.39 is 0 Å². The molecular formula is C20H19N3O3. The van der Waals surface area contributed by atoms with Gasteiger partial charge in [-0.15, -0.1) is 0 Å². The fourth-order valence-electron chi connectivity index (χ4n) is 2.95. The third-order valence-corrected chi connectivity index (χ3v) is 4.28. The molecule has 0 radical (unpaired) electrons. The molecule has 26 heavy (non-hydrogen) atoms. The number of nitrogens with zero attached hydrogens (tertiary/aromatic N) is 2. The molecule has 6 heteroatoms. The van der Waals surface area contributed by atoms with Gasteiger partial charge in [-0.1, -0.05) is 12.1 Å². The summed E-state index contributed by atoms with van der Waals surface area (Å²) in [6.07, 6.45) is 0. The average Bonchev–Trinajstić information content (AvgIpc) is 3.21. The van der Waals surface area contributed by atoms with E-state index in [9.17, 15) is 4.79 Å². The van der Waals surface area contributed by atoms with Crippen molar-refractivity contribution < 1.29 is 14.3 Å². The Kier molecular flexibility index (Phi) is 4.08. The van der Waals surface area contributed by atoms with E-state index in [2.05, 4.69) is 10.4 Å². The minimum absolute atomic E-state index is 0.165. The molecule has 1 N–H and O–H groups in total. The van der Waals surface area contributed by atoms with E-state index in [4.69, 9.17) is 9.47 Å². The lowest BCUT2D eigenvalue weighted by molar-refractivity contribution is 0.102. The van der Waals surface area contributed by atoms with E-state index in [1.165, 1.54) is 0 Å². The highest BCUT2D eigenvalue weighted by Gasteiger charge is 2.14. The number of nitrogens with one attached hydrogen (secondary N) is 1. The molecule has 1 aromatic heterocycles. The summed E-state index contributed by atoms with van der Waals surface area (Å²) in [7, 11) is 0. The Labute approximate surface area is 151 Å². The summed E-state index contributed by atoms with van der Waals surface area (Å²) in [5, 5.41) is 7.34. The zero-order valence-electron chi connectivity index (χ0n) is 14.7. The molecule has 6 nitrogen and oxygen atoms in total. The number of aromatic nitrogens is 2. The van der Waals surface area contributed by atoms with Gasteiger partial charge in [0.25, 0.3) is 5.91 Å². The predicted molar refractivity (Wildman–Crippen MR) is 97.8 cm³/mol. The molecule has 2 heterocycles. The lowest BCUT2D eigenvalue weighted by atomic mass is 10.1. The number of rotatable bonds is 4. The Bertz CT molecular complexity index is 961. The van der Waals surface area contributed by atoms with Gasteiger partial charge < -0.3 is 14.8 Å². The average molecular weight is 349 g/mol. The second-order valence-electron chi connectivity index (χ2n) is 6.30. The van der Waals surface area contributed by atoms with Crippen LogP contribution < -0.4 is 14.8 Å². The van der Waals surface area contributed by atoms with Gasteiger partial charge in [-0.2, -0.15) is 5.10 Å². The van der Waals surface area contributed by atoms with Crippen LogP contribution in [0.1, 0.15) is 27.3 Å². The summed E-state index contributed by atoms with van der Waals surface area (Å²) >= 11 is 0. The molecule has 0 atom stereocenters. The van der Waals surface area contributed by atoms with Gasteiger partial charge in [0.2, 0.25) is 6.79 Å². The van der Waals surface area contributed by atoms with Gasteiger partial charge in [0.05, 0.1) is 12.2 Å². The molecule has 3 aromatic rings. The monoisotopic (exact) mass is 349 g/mol. The minimum atomic E-state index is -0.165. The van der Waals surface area contributed by atoms with Crippen molar-refractivity contribution in [1.82, 2.24) is 9.78 Å². The van der Waals surface area contributed by atoms with Crippen LogP contribution >= 0.6 is 0 Å². The first-order valence-corrected chi connectivity index (χ1v) is 8.39. The van der Waals surface area contributed by atoms with E-state index in [0.29, 0.717) is 29.3 Å². The van der Waals surface area contributed by atoms with Gasteiger partial charge in [-0.3, -0.25) is 9.48 Å². The van der Waals surface area contributed by atoms with Gasteiger partial charge in [0.1, 0.15) is 0 Å². The molecule has 0 unspecified atom stereocenters. The van der Waals surface area contributed by atoms with Crippen molar-refractivity contribution in [1.29, 1.82) is 0 Å². The first-order valence-electron chi connectivity index (χ1n) is 8.39. The first-order chi connectivity index (χ1) is 12.6. The van der Waals surface area contributed by atoms with Crippen molar-refractivity contribution in [2.75, 3.05) is 12.1 Å². The zero-order valence-corrected chi connectivity index (χ0v) is 14.7. The normalized spacial score (nSPS) is 12.2. The molecule has 2 aromatic carbocycles. The molecule has 1 aliphatic heterocycles. The molecule has 0 bridgehead atoms. The second-order valence-corrected chi connectivity index (χ2v) is 6.30. The summed E-state index contributed by atoms with van der Waals surface area (Å²) in [4.78, 5) is 12.4. The second kappa shape index (κ2) is 6.55. The van der Waals surface area contributed by atoms with Gasteiger partial charge in [0.15, 0.2) is 11.5 Å². The van der Waals surface area contributed by atoms with E-state index >= 15 is 0 Å². The number of hydrogen-bond acceptors (Lipinski definition) is 4. The van der Waals surface area contributed by atoms with Crippen molar-refractivity contribution in [3.63, 3.8) is 0 Å². The smallest absolute Gasteiger partial charge is 0.255 e. The number of ether oxygens (including phenoxy) is 2. The third kappa shape index (κ3) is 3.26. The topological polar surface area (TPSA) is 65.4 Å². The van der Waals surface area contributed by atoms with Crippen molar-refractivity contribution in [3.05, 3.63) is 71.0 Å². The van der Waals surface area contributed by atoms with Crippen molar-refractivity contribution in [2.45, 2.75) is 20.4 Å². The molecule has 132 valence electrons. The molecule has 0 saturated carbocycles. The molecule has 4 rings (SSSR count). The Morgan fingerprint density at radius 1 is 1.08 bits per heavy atom. The summed E-state index contributed by atoms with van der Waals surface area (Å²) in [5.41, 5.74) is 4.48. The standard InChI is InChI=1S/C20H19N3O3/c1-13-9-14(2)23(22-13)11-15-3-5-16(6-4-15)20(24)21-17-7-8-18-19(10-17)26-12-25-18/h3-10H,11-12H2,1-2H3,(H,21,24). The van der Waals surface area contributed by atoms with E-state index in [0.717, 1.165) is 17.0 Å². The van der Waals surface area contributed by atoms with Crippen LogP contribution in [0.2, 0.25) is 0 Å². The number of hydrogen-bond donors (Lipinski definition) is 1. The van der Waals surface area contributed by atoms with Crippen LogP contribution in [0.4, 0.5) is 5.69 Å². The lowest BCUT2D eigenvalue weighted by Gasteiger charge is -2.08. The quantitative estimate of drug-likeness (QED) is 0.782. The third-order valence-electron chi connectivity index (χ3n) is 4.28. The molecule has 0 aliphatic carbocycles. The Balaban J connectivity index is 1.44. The number of aryl methyl sites for hydroxylation is 2. The number of carbonyl (C=O) groups excluding carboxylic acids is 1. The highest BCUT2D eigenvalue weighted by atomic mass is 16.7. The summed E-state index contributed by atoms with van der Waals surface area (Å²) in [6.45, 7) is 4.91. The minimum Gasteiger partial charge on any atom is -0.454 e. The maximum Gasteiger partial charge on any atom is 0.255 e. The number of benzene rings is 2. The number of amides is 1. The van der Waals surface area contributed by atoms with Crippen LogP contribution in [0, 0.1) is 13.8 Å².